The molecule has 0 saturated carbocycles. The molecule has 9 heteroatoms. The first-order chi connectivity index (χ1) is 11.0. The first-order valence-electron chi connectivity index (χ1n) is 7.08. The molecule has 1 aliphatic heterocycles. The molecular weight excluding hydrogens is 326 g/mol. The van der Waals surface area contributed by atoms with Gasteiger partial charge in [-0.2, -0.15) is 0 Å². The number of nitro groups is 1. The average molecular weight is 342 g/mol. The summed E-state index contributed by atoms with van der Waals surface area (Å²) in [5.41, 5.74) is -0.296. The molecule has 1 heterocycles. The second-order valence-electron chi connectivity index (χ2n) is 5.05. The highest BCUT2D eigenvalue weighted by atomic mass is 35.5. The van der Waals surface area contributed by atoms with E-state index < -0.39 is 10.8 Å². The molecule has 1 unspecified atom stereocenters. The number of nitro benzene ring substituents is 1. The number of nitrogens with one attached hydrogen (secondary N) is 2. The zero-order chi connectivity index (χ0) is 16.8. The van der Waals surface area contributed by atoms with E-state index in [-0.39, 0.29) is 34.8 Å². The van der Waals surface area contributed by atoms with Crippen LogP contribution in [-0.4, -0.2) is 42.5 Å². The molecule has 124 valence electrons. The number of rotatable bonds is 6. The van der Waals surface area contributed by atoms with E-state index in [0.717, 1.165) is 18.9 Å². The molecule has 1 aliphatic rings. The largest absolute Gasteiger partial charge is 0.376 e. The molecule has 0 aliphatic carbocycles. The molecule has 23 heavy (non-hydrogen) atoms. The van der Waals surface area contributed by atoms with E-state index >= 15 is 0 Å². The molecular formula is C14H16ClN3O5. The summed E-state index contributed by atoms with van der Waals surface area (Å²) in [5, 5.41) is 15.8. The van der Waals surface area contributed by atoms with Crippen molar-refractivity contribution in [3.05, 3.63) is 38.9 Å². The van der Waals surface area contributed by atoms with Gasteiger partial charge in [0.2, 0.25) is 5.91 Å². The Morgan fingerprint density at radius 1 is 1.39 bits per heavy atom. The monoisotopic (exact) mass is 341 g/mol. The van der Waals surface area contributed by atoms with Gasteiger partial charge in [-0.15, -0.1) is 0 Å². The van der Waals surface area contributed by atoms with Crippen molar-refractivity contribution < 1.29 is 19.2 Å². The summed E-state index contributed by atoms with van der Waals surface area (Å²) < 4.78 is 5.37. The third-order valence-electron chi connectivity index (χ3n) is 3.37. The van der Waals surface area contributed by atoms with Crippen LogP contribution >= 0.6 is 11.6 Å². The molecule has 2 amide bonds. The van der Waals surface area contributed by atoms with Crippen LogP contribution in [0.1, 0.15) is 23.2 Å². The van der Waals surface area contributed by atoms with E-state index in [1.54, 1.807) is 0 Å². The van der Waals surface area contributed by atoms with Crippen LogP contribution in [0.25, 0.3) is 0 Å². The van der Waals surface area contributed by atoms with Crippen molar-refractivity contribution in [1.29, 1.82) is 0 Å². The Bertz CT molecular complexity index is 616. The SMILES string of the molecule is O=C(CNC(=O)c1ccc(Cl)c([N+](=O)[O-])c1)NCC1CCCO1. The molecule has 1 atom stereocenters. The van der Waals surface area contributed by atoms with Gasteiger partial charge < -0.3 is 15.4 Å². The average Bonchev–Trinajstić information content (AvgIpc) is 3.04. The van der Waals surface area contributed by atoms with Gasteiger partial charge in [-0.05, 0) is 25.0 Å². The topological polar surface area (TPSA) is 111 Å². The van der Waals surface area contributed by atoms with E-state index in [9.17, 15) is 19.7 Å². The number of benzene rings is 1. The summed E-state index contributed by atoms with van der Waals surface area (Å²) in [4.78, 5) is 33.7. The minimum Gasteiger partial charge on any atom is -0.376 e. The van der Waals surface area contributed by atoms with Crippen molar-refractivity contribution in [3.8, 4) is 0 Å². The Labute approximate surface area is 137 Å². The van der Waals surface area contributed by atoms with E-state index in [2.05, 4.69) is 10.6 Å². The predicted octanol–water partition coefficient (Wildman–Crippen LogP) is 1.27. The van der Waals surface area contributed by atoms with Crippen LogP contribution in [0.3, 0.4) is 0 Å². The highest BCUT2D eigenvalue weighted by molar-refractivity contribution is 6.32. The lowest BCUT2D eigenvalue weighted by Gasteiger charge is -2.11. The maximum atomic E-state index is 11.9. The molecule has 1 fully saturated rings. The molecule has 2 N–H and O–H groups in total. The summed E-state index contributed by atoms with van der Waals surface area (Å²) in [6.45, 7) is 0.885. The second kappa shape index (κ2) is 7.89. The predicted molar refractivity (Wildman–Crippen MR) is 82.4 cm³/mol. The van der Waals surface area contributed by atoms with Gasteiger partial charge in [0.25, 0.3) is 11.6 Å². The van der Waals surface area contributed by atoms with Crippen LogP contribution < -0.4 is 10.6 Å². The van der Waals surface area contributed by atoms with Gasteiger partial charge in [0.1, 0.15) is 5.02 Å². The number of halogens is 1. The Morgan fingerprint density at radius 2 is 2.17 bits per heavy atom. The van der Waals surface area contributed by atoms with Crippen LogP contribution in [0, 0.1) is 10.1 Å². The number of amides is 2. The Kier molecular flexibility index (Phi) is 5.89. The van der Waals surface area contributed by atoms with Gasteiger partial charge in [0.15, 0.2) is 0 Å². The molecule has 1 aromatic carbocycles. The minimum atomic E-state index is -0.673. The summed E-state index contributed by atoms with van der Waals surface area (Å²) in [6.07, 6.45) is 1.90. The number of hydrogen-bond donors (Lipinski definition) is 2. The molecule has 2 rings (SSSR count). The first kappa shape index (κ1) is 17.2. The Balaban J connectivity index is 1.83. The molecule has 0 aromatic heterocycles. The fourth-order valence-corrected chi connectivity index (χ4v) is 2.34. The highest BCUT2D eigenvalue weighted by Crippen LogP contribution is 2.24. The van der Waals surface area contributed by atoms with E-state index in [1.165, 1.54) is 12.1 Å². The number of ether oxygens (including phenoxy) is 1. The summed E-state index contributed by atoms with van der Waals surface area (Å²) >= 11 is 5.68. The normalized spacial score (nSPS) is 16.8. The molecule has 1 aromatic rings. The van der Waals surface area contributed by atoms with Gasteiger partial charge in [-0.1, -0.05) is 11.6 Å². The fraction of sp³-hybridized carbons (Fsp3) is 0.429. The zero-order valence-electron chi connectivity index (χ0n) is 12.2. The lowest BCUT2D eigenvalue weighted by Crippen LogP contribution is -2.39. The first-order valence-corrected chi connectivity index (χ1v) is 7.45. The van der Waals surface area contributed by atoms with Gasteiger partial charge >= 0.3 is 0 Å². The molecule has 0 spiro atoms. The Morgan fingerprint density at radius 3 is 2.83 bits per heavy atom. The smallest absolute Gasteiger partial charge is 0.288 e. The van der Waals surface area contributed by atoms with Crippen molar-refractivity contribution in [1.82, 2.24) is 10.6 Å². The van der Waals surface area contributed by atoms with Crippen LogP contribution in [0.15, 0.2) is 18.2 Å². The number of carbonyl (C=O) groups is 2. The standard InChI is InChI=1S/C14H16ClN3O5/c15-11-4-3-9(6-12(11)18(21)22)14(20)17-8-13(19)16-7-10-2-1-5-23-10/h3-4,6,10H,1-2,5,7-8H2,(H,16,19)(H,17,20). The van der Waals surface area contributed by atoms with Crippen molar-refractivity contribution in [2.45, 2.75) is 18.9 Å². The molecule has 0 radical (unpaired) electrons. The molecule has 1 saturated heterocycles. The summed E-state index contributed by atoms with van der Waals surface area (Å²) in [5.74, 6) is -0.936. The summed E-state index contributed by atoms with van der Waals surface area (Å²) in [6, 6.07) is 3.70. The lowest BCUT2D eigenvalue weighted by molar-refractivity contribution is -0.384. The van der Waals surface area contributed by atoms with E-state index in [4.69, 9.17) is 16.3 Å². The molecule has 0 bridgehead atoms. The van der Waals surface area contributed by atoms with Crippen molar-refractivity contribution in [2.75, 3.05) is 19.7 Å². The van der Waals surface area contributed by atoms with E-state index in [1.807, 2.05) is 0 Å². The maximum Gasteiger partial charge on any atom is 0.288 e. The van der Waals surface area contributed by atoms with Crippen molar-refractivity contribution in [2.24, 2.45) is 0 Å². The third-order valence-corrected chi connectivity index (χ3v) is 3.69. The van der Waals surface area contributed by atoms with Crippen LogP contribution in [-0.2, 0) is 9.53 Å². The van der Waals surface area contributed by atoms with Crippen LogP contribution in [0.4, 0.5) is 5.69 Å². The van der Waals surface area contributed by atoms with E-state index in [0.29, 0.717) is 13.2 Å². The molecule has 8 nitrogen and oxygen atoms in total. The fourth-order valence-electron chi connectivity index (χ4n) is 2.15. The quantitative estimate of drug-likeness (QED) is 0.598. The number of hydrogen-bond acceptors (Lipinski definition) is 5. The Hall–Kier alpha value is -2.19. The van der Waals surface area contributed by atoms with Crippen molar-refractivity contribution >= 4 is 29.1 Å². The summed E-state index contributed by atoms with van der Waals surface area (Å²) in [7, 11) is 0. The van der Waals surface area contributed by atoms with Crippen molar-refractivity contribution in [3.63, 3.8) is 0 Å². The highest BCUT2D eigenvalue weighted by Gasteiger charge is 2.18. The third kappa shape index (κ3) is 4.90. The van der Waals surface area contributed by atoms with Gasteiger partial charge in [0.05, 0.1) is 17.6 Å². The van der Waals surface area contributed by atoms with Gasteiger partial charge in [-0.25, -0.2) is 0 Å². The number of carbonyl (C=O) groups excluding carboxylic acids is 2. The minimum absolute atomic E-state index is 0.0218. The van der Waals surface area contributed by atoms with Crippen LogP contribution in [0.5, 0.6) is 0 Å². The van der Waals surface area contributed by atoms with Gasteiger partial charge in [0, 0.05) is 24.8 Å². The van der Waals surface area contributed by atoms with Gasteiger partial charge in [-0.3, -0.25) is 19.7 Å². The number of nitrogens with zero attached hydrogens (tertiary/aromatic N) is 1. The van der Waals surface area contributed by atoms with Crippen LogP contribution in [0.2, 0.25) is 5.02 Å². The maximum absolute atomic E-state index is 11.9. The zero-order valence-corrected chi connectivity index (χ0v) is 13.0. The lowest BCUT2D eigenvalue weighted by atomic mass is 10.2. The second-order valence-corrected chi connectivity index (χ2v) is 5.45.